The molecule has 6 nitrogen and oxygen atoms in total. The summed E-state index contributed by atoms with van der Waals surface area (Å²) in [6.45, 7) is 3.26. The van der Waals surface area contributed by atoms with Crippen LogP contribution < -0.4 is 10.9 Å². The summed E-state index contributed by atoms with van der Waals surface area (Å²) in [7, 11) is -3.22. The minimum Gasteiger partial charge on any atom is -0.328 e. The van der Waals surface area contributed by atoms with Crippen LogP contribution in [0.5, 0.6) is 0 Å². The standard InChI is InChI=1S/C16H18N2O4S/c1-11(2)23(21,22)10-12-5-3-6-13(9-12)18-16(20)14-7-4-8-17-15(14)19/h3-9,11H,10H2,1-2H3,(H,17,19)(H,18,20). The second-order valence-corrected chi connectivity index (χ2v) is 7.98. The molecule has 0 bridgehead atoms. The molecule has 2 rings (SSSR count). The van der Waals surface area contributed by atoms with E-state index in [4.69, 9.17) is 0 Å². The predicted molar refractivity (Wildman–Crippen MR) is 89.2 cm³/mol. The minimum absolute atomic E-state index is 0.00675. The van der Waals surface area contributed by atoms with E-state index in [9.17, 15) is 18.0 Å². The number of hydrogen-bond acceptors (Lipinski definition) is 4. The van der Waals surface area contributed by atoms with Crippen molar-refractivity contribution in [2.24, 2.45) is 0 Å². The smallest absolute Gasteiger partial charge is 0.261 e. The second kappa shape index (κ2) is 6.78. The first-order chi connectivity index (χ1) is 10.8. The van der Waals surface area contributed by atoms with E-state index in [1.165, 1.54) is 12.3 Å². The van der Waals surface area contributed by atoms with Crippen LogP contribution in [0.4, 0.5) is 5.69 Å². The quantitative estimate of drug-likeness (QED) is 0.873. The highest BCUT2D eigenvalue weighted by Gasteiger charge is 2.17. The number of H-pyrrole nitrogens is 1. The second-order valence-electron chi connectivity index (χ2n) is 5.42. The molecule has 0 aliphatic heterocycles. The molecule has 0 spiro atoms. The van der Waals surface area contributed by atoms with Gasteiger partial charge in [-0.15, -0.1) is 0 Å². The highest BCUT2D eigenvalue weighted by Crippen LogP contribution is 2.16. The highest BCUT2D eigenvalue weighted by atomic mass is 32.2. The third-order valence-electron chi connectivity index (χ3n) is 3.33. The van der Waals surface area contributed by atoms with Crippen molar-refractivity contribution >= 4 is 21.4 Å². The zero-order valence-corrected chi connectivity index (χ0v) is 13.7. The summed E-state index contributed by atoms with van der Waals surface area (Å²) >= 11 is 0. The lowest BCUT2D eigenvalue weighted by Crippen LogP contribution is -2.22. The van der Waals surface area contributed by atoms with Gasteiger partial charge in [0.15, 0.2) is 9.84 Å². The number of aromatic nitrogens is 1. The maximum Gasteiger partial charge on any atom is 0.261 e. The molecule has 122 valence electrons. The number of carbonyl (C=O) groups is 1. The van der Waals surface area contributed by atoms with Gasteiger partial charge >= 0.3 is 0 Å². The van der Waals surface area contributed by atoms with E-state index < -0.39 is 26.6 Å². The van der Waals surface area contributed by atoms with Crippen LogP contribution in [0.1, 0.15) is 29.8 Å². The third-order valence-corrected chi connectivity index (χ3v) is 5.51. The fraction of sp³-hybridized carbons (Fsp3) is 0.250. The van der Waals surface area contributed by atoms with Gasteiger partial charge in [-0.25, -0.2) is 8.42 Å². The molecule has 23 heavy (non-hydrogen) atoms. The first-order valence-electron chi connectivity index (χ1n) is 7.09. The number of rotatable bonds is 5. The van der Waals surface area contributed by atoms with Crippen LogP contribution in [0, 0.1) is 0 Å². The van der Waals surface area contributed by atoms with Crippen LogP contribution in [-0.2, 0) is 15.6 Å². The first kappa shape index (κ1) is 17.0. The molecule has 0 aliphatic rings. The maximum absolute atomic E-state index is 12.1. The van der Waals surface area contributed by atoms with Gasteiger partial charge in [-0.05, 0) is 43.7 Å². The summed E-state index contributed by atoms with van der Waals surface area (Å²) in [4.78, 5) is 26.1. The average Bonchev–Trinajstić information content (AvgIpc) is 2.47. The topological polar surface area (TPSA) is 96.1 Å². The molecule has 2 aromatic rings. The lowest BCUT2D eigenvalue weighted by Gasteiger charge is -2.10. The summed E-state index contributed by atoms with van der Waals surface area (Å²) in [6.07, 6.45) is 1.44. The minimum atomic E-state index is -3.22. The third kappa shape index (κ3) is 4.29. The molecule has 0 atom stereocenters. The van der Waals surface area contributed by atoms with Crippen molar-refractivity contribution in [3.05, 3.63) is 64.1 Å². The van der Waals surface area contributed by atoms with Gasteiger partial charge in [0.2, 0.25) is 0 Å². The van der Waals surface area contributed by atoms with Crippen molar-refractivity contribution in [2.75, 3.05) is 5.32 Å². The summed E-state index contributed by atoms with van der Waals surface area (Å²) in [6, 6.07) is 9.56. The average molecular weight is 334 g/mol. The molecule has 1 aromatic heterocycles. The Balaban J connectivity index is 2.19. The molecule has 0 fully saturated rings. The van der Waals surface area contributed by atoms with E-state index in [0.29, 0.717) is 11.3 Å². The van der Waals surface area contributed by atoms with Crippen LogP contribution in [-0.4, -0.2) is 24.6 Å². The molecule has 0 radical (unpaired) electrons. The monoisotopic (exact) mass is 334 g/mol. The van der Waals surface area contributed by atoms with Crippen LogP contribution in [0.2, 0.25) is 0 Å². The Hall–Kier alpha value is -2.41. The molecule has 0 unspecified atom stereocenters. The van der Waals surface area contributed by atoms with Gasteiger partial charge in [0.25, 0.3) is 11.5 Å². The molecule has 1 heterocycles. The van der Waals surface area contributed by atoms with Gasteiger partial charge in [-0.3, -0.25) is 9.59 Å². The molecule has 2 N–H and O–H groups in total. The molecule has 0 saturated heterocycles. The summed E-state index contributed by atoms with van der Waals surface area (Å²) in [5, 5.41) is 2.13. The van der Waals surface area contributed by atoms with Crippen molar-refractivity contribution in [1.82, 2.24) is 4.98 Å². The Bertz CT molecular complexity index is 869. The van der Waals surface area contributed by atoms with Gasteiger partial charge in [-0.2, -0.15) is 0 Å². The molecular formula is C16H18N2O4S. The van der Waals surface area contributed by atoms with Crippen molar-refractivity contribution in [1.29, 1.82) is 0 Å². The summed E-state index contributed by atoms with van der Waals surface area (Å²) in [5.41, 5.74) is 0.532. The Kier molecular flexibility index (Phi) is 5.00. The zero-order valence-electron chi connectivity index (χ0n) is 12.9. The Morgan fingerprint density at radius 2 is 1.96 bits per heavy atom. The predicted octanol–water partition coefficient (Wildman–Crippen LogP) is 1.95. The number of hydrogen-bond donors (Lipinski definition) is 2. The Labute approximate surface area is 134 Å². The van der Waals surface area contributed by atoms with Gasteiger partial charge in [0.1, 0.15) is 5.56 Å². The summed E-state index contributed by atoms with van der Waals surface area (Å²) < 4.78 is 23.9. The van der Waals surface area contributed by atoms with Gasteiger partial charge in [-0.1, -0.05) is 12.1 Å². The fourth-order valence-electron chi connectivity index (χ4n) is 1.94. The van der Waals surface area contributed by atoms with Gasteiger partial charge < -0.3 is 10.3 Å². The van der Waals surface area contributed by atoms with Crippen LogP contribution in [0.15, 0.2) is 47.4 Å². The van der Waals surface area contributed by atoms with Crippen LogP contribution >= 0.6 is 0 Å². The Morgan fingerprint density at radius 1 is 1.22 bits per heavy atom. The number of sulfone groups is 1. The van der Waals surface area contributed by atoms with Crippen molar-refractivity contribution in [3.63, 3.8) is 0 Å². The molecule has 1 amide bonds. The first-order valence-corrected chi connectivity index (χ1v) is 8.81. The van der Waals surface area contributed by atoms with Crippen molar-refractivity contribution < 1.29 is 13.2 Å². The number of benzene rings is 1. The largest absolute Gasteiger partial charge is 0.328 e. The number of carbonyl (C=O) groups excluding carboxylic acids is 1. The van der Waals surface area contributed by atoms with Crippen LogP contribution in [0.3, 0.4) is 0 Å². The maximum atomic E-state index is 12.1. The van der Waals surface area contributed by atoms with E-state index in [1.807, 2.05) is 0 Å². The van der Waals surface area contributed by atoms with Crippen molar-refractivity contribution in [2.45, 2.75) is 24.9 Å². The van der Waals surface area contributed by atoms with E-state index >= 15 is 0 Å². The zero-order chi connectivity index (χ0) is 17.0. The molecule has 0 aliphatic carbocycles. The lowest BCUT2D eigenvalue weighted by molar-refractivity contribution is 0.102. The normalized spacial score (nSPS) is 11.4. The van der Waals surface area contributed by atoms with Crippen molar-refractivity contribution in [3.8, 4) is 0 Å². The summed E-state index contributed by atoms with van der Waals surface area (Å²) in [5.74, 6) is -0.643. The van der Waals surface area contributed by atoms with E-state index in [1.54, 1.807) is 44.2 Å². The number of nitrogens with one attached hydrogen (secondary N) is 2. The molecule has 7 heteroatoms. The van der Waals surface area contributed by atoms with E-state index in [0.717, 1.165) is 0 Å². The van der Waals surface area contributed by atoms with Crippen LogP contribution in [0.25, 0.3) is 0 Å². The molecular weight excluding hydrogens is 316 g/mol. The van der Waals surface area contributed by atoms with E-state index in [2.05, 4.69) is 10.3 Å². The van der Waals surface area contributed by atoms with Gasteiger partial charge in [0.05, 0.1) is 11.0 Å². The lowest BCUT2D eigenvalue weighted by atomic mass is 10.2. The SMILES string of the molecule is CC(C)S(=O)(=O)Cc1cccc(NC(=O)c2ccc[nH]c2=O)c1. The molecule has 1 aromatic carbocycles. The molecule has 0 saturated carbocycles. The highest BCUT2D eigenvalue weighted by molar-refractivity contribution is 7.91. The number of amides is 1. The van der Waals surface area contributed by atoms with Gasteiger partial charge in [0, 0.05) is 11.9 Å². The number of pyridine rings is 1. The number of anilines is 1. The Morgan fingerprint density at radius 3 is 2.61 bits per heavy atom. The number of aromatic amines is 1. The van der Waals surface area contributed by atoms with E-state index in [-0.39, 0.29) is 11.3 Å². The fourth-order valence-corrected chi connectivity index (χ4v) is 2.91.